The molecule has 0 aromatic heterocycles. The molecule has 0 bridgehead atoms. The average molecular weight is 328 g/mol. The van der Waals surface area contributed by atoms with E-state index in [1.165, 1.54) is 0 Å². The molecule has 124 valence electrons. The Hall–Kier alpha value is -1.30. The normalized spacial score (nSPS) is 15.2. The number of carbonyl (C=O) groups is 1. The Kier molecular flexibility index (Phi) is 8.24. The van der Waals surface area contributed by atoms with Crippen molar-refractivity contribution in [3.63, 3.8) is 0 Å². The van der Waals surface area contributed by atoms with E-state index in [-0.39, 0.29) is 18.3 Å². The van der Waals surface area contributed by atoms with Gasteiger partial charge < -0.3 is 15.4 Å². The van der Waals surface area contributed by atoms with Crippen LogP contribution in [0.5, 0.6) is 5.75 Å². The number of amides is 1. The third-order valence-corrected chi connectivity index (χ3v) is 3.95. The predicted octanol–water partition coefficient (Wildman–Crippen LogP) is 1.42. The van der Waals surface area contributed by atoms with E-state index in [0.29, 0.717) is 19.1 Å². The quantitative estimate of drug-likeness (QED) is 0.829. The summed E-state index contributed by atoms with van der Waals surface area (Å²) in [6.07, 6.45) is 2.22. The third-order valence-electron chi connectivity index (χ3n) is 3.95. The topological polar surface area (TPSA) is 53.6 Å². The Morgan fingerprint density at radius 3 is 2.82 bits per heavy atom. The molecular formula is C16H26ClN3O2. The fourth-order valence-electron chi connectivity index (χ4n) is 2.64. The van der Waals surface area contributed by atoms with Gasteiger partial charge in [-0.15, -0.1) is 12.4 Å². The van der Waals surface area contributed by atoms with Gasteiger partial charge in [-0.05, 0) is 50.7 Å². The van der Waals surface area contributed by atoms with Crippen LogP contribution in [0.25, 0.3) is 0 Å². The van der Waals surface area contributed by atoms with E-state index in [0.717, 1.165) is 37.2 Å². The Labute approximate surface area is 138 Å². The zero-order chi connectivity index (χ0) is 15.1. The second-order valence-corrected chi connectivity index (χ2v) is 5.52. The van der Waals surface area contributed by atoms with Gasteiger partial charge in [-0.1, -0.05) is 12.1 Å². The minimum atomic E-state index is 0. The smallest absolute Gasteiger partial charge is 0.234 e. The average Bonchev–Trinajstić information content (AvgIpc) is 2.54. The molecule has 1 aliphatic rings. The van der Waals surface area contributed by atoms with Crippen molar-refractivity contribution < 1.29 is 9.53 Å². The van der Waals surface area contributed by atoms with Crippen molar-refractivity contribution >= 4 is 18.3 Å². The summed E-state index contributed by atoms with van der Waals surface area (Å²) in [6, 6.07) is 8.27. The van der Waals surface area contributed by atoms with Crippen LogP contribution in [-0.2, 0) is 11.3 Å². The summed E-state index contributed by atoms with van der Waals surface area (Å²) < 4.78 is 5.18. The molecule has 0 radical (unpaired) electrons. The fourth-order valence-corrected chi connectivity index (χ4v) is 2.64. The van der Waals surface area contributed by atoms with Crippen molar-refractivity contribution in [2.75, 3.05) is 33.8 Å². The number of halogens is 1. The first kappa shape index (κ1) is 18.7. The van der Waals surface area contributed by atoms with Crippen LogP contribution in [0.4, 0.5) is 0 Å². The van der Waals surface area contributed by atoms with Crippen LogP contribution < -0.4 is 15.4 Å². The van der Waals surface area contributed by atoms with Gasteiger partial charge in [-0.25, -0.2) is 0 Å². The number of piperidine rings is 1. The van der Waals surface area contributed by atoms with Crippen LogP contribution in [0.1, 0.15) is 18.4 Å². The number of hydrogen-bond donors (Lipinski definition) is 2. The van der Waals surface area contributed by atoms with E-state index in [4.69, 9.17) is 4.74 Å². The number of likely N-dealkylation sites (N-methyl/N-ethyl adjacent to an activating group) is 1. The largest absolute Gasteiger partial charge is 0.497 e. The highest BCUT2D eigenvalue weighted by Gasteiger charge is 2.19. The highest BCUT2D eigenvalue weighted by Crippen LogP contribution is 2.12. The summed E-state index contributed by atoms with van der Waals surface area (Å²) in [5, 5.41) is 6.31. The molecule has 1 fully saturated rings. The maximum absolute atomic E-state index is 12.0. The van der Waals surface area contributed by atoms with Gasteiger partial charge in [0.25, 0.3) is 0 Å². The maximum atomic E-state index is 12.0. The maximum Gasteiger partial charge on any atom is 0.234 e. The van der Waals surface area contributed by atoms with Crippen LogP contribution in [0.3, 0.4) is 0 Å². The van der Waals surface area contributed by atoms with Gasteiger partial charge in [-0.2, -0.15) is 0 Å². The van der Waals surface area contributed by atoms with Crippen molar-refractivity contribution in [2.45, 2.75) is 25.4 Å². The number of hydrogen-bond acceptors (Lipinski definition) is 4. The van der Waals surface area contributed by atoms with Gasteiger partial charge >= 0.3 is 0 Å². The van der Waals surface area contributed by atoms with E-state index in [1.54, 1.807) is 7.11 Å². The molecule has 1 amide bonds. The zero-order valence-corrected chi connectivity index (χ0v) is 14.1. The standard InChI is InChI=1S/C16H25N3O2.ClH/c1-19(14-6-8-17-9-7-14)12-16(20)18-11-13-4-3-5-15(10-13)21-2;/h3-5,10,14,17H,6-9,11-12H2,1-2H3,(H,18,20);1H. The van der Waals surface area contributed by atoms with Crippen molar-refractivity contribution in [1.82, 2.24) is 15.5 Å². The third kappa shape index (κ3) is 5.83. The van der Waals surface area contributed by atoms with Crippen LogP contribution in [0, 0.1) is 0 Å². The van der Waals surface area contributed by atoms with E-state index < -0.39 is 0 Å². The second-order valence-electron chi connectivity index (χ2n) is 5.52. The van der Waals surface area contributed by atoms with Gasteiger partial charge in [-0.3, -0.25) is 9.69 Å². The first-order valence-electron chi connectivity index (χ1n) is 7.49. The summed E-state index contributed by atoms with van der Waals surface area (Å²) in [5.41, 5.74) is 1.05. The van der Waals surface area contributed by atoms with Gasteiger partial charge in [0, 0.05) is 12.6 Å². The van der Waals surface area contributed by atoms with Crippen molar-refractivity contribution in [2.24, 2.45) is 0 Å². The monoisotopic (exact) mass is 327 g/mol. The van der Waals surface area contributed by atoms with Crippen molar-refractivity contribution in [3.05, 3.63) is 29.8 Å². The second kappa shape index (κ2) is 9.66. The van der Waals surface area contributed by atoms with Crippen molar-refractivity contribution in [1.29, 1.82) is 0 Å². The minimum absolute atomic E-state index is 0. The SMILES string of the molecule is COc1cccc(CNC(=O)CN(C)C2CCNCC2)c1.Cl. The zero-order valence-electron chi connectivity index (χ0n) is 13.3. The lowest BCUT2D eigenvalue weighted by molar-refractivity contribution is -0.122. The fraction of sp³-hybridized carbons (Fsp3) is 0.562. The first-order chi connectivity index (χ1) is 10.2. The van der Waals surface area contributed by atoms with E-state index in [9.17, 15) is 4.79 Å². The van der Waals surface area contributed by atoms with E-state index >= 15 is 0 Å². The number of nitrogens with zero attached hydrogens (tertiary/aromatic N) is 1. The van der Waals surface area contributed by atoms with Gasteiger partial charge in [0.1, 0.15) is 5.75 Å². The van der Waals surface area contributed by atoms with Gasteiger partial charge in [0.15, 0.2) is 0 Å². The molecule has 1 aromatic rings. The first-order valence-corrected chi connectivity index (χ1v) is 7.49. The summed E-state index contributed by atoms with van der Waals surface area (Å²) in [6.45, 7) is 3.08. The molecule has 0 saturated carbocycles. The molecule has 2 N–H and O–H groups in total. The summed E-state index contributed by atoms with van der Waals surface area (Å²) >= 11 is 0. The highest BCUT2D eigenvalue weighted by molar-refractivity contribution is 5.85. The lowest BCUT2D eigenvalue weighted by Crippen LogP contribution is -2.45. The van der Waals surface area contributed by atoms with Gasteiger partial charge in [0.2, 0.25) is 5.91 Å². The minimum Gasteiger partial charge on any atom is -0.497 e. The molecule has 5 nitrogen and oxygen atoms in total. The molecule has 0 aliphatic carbocycles. The van der Waals surface area contributed by atoms with Crippen molar-refractivity contribution in [3.8, 4) is 5.75 Å². The van der Waals surface area contributed by atoms with Crippen LogP contribution in [0.2, 0.25) is 0 Å². The molecule has 1 heterocycles. The number of rotatable bonds is 6. The Morgan fingerprint density at radius 1 is 1.41 bits per heavy atom. The van der Waals surface area contributed by atoms with E-state index in [1.807, 2.05) is 31.3 Å². The lowest BCUT2D eigenvalue weighted by Gasteiger charge is -2.31. The number of benzene rings is 1. The van der Waals surface area contributed by atoms with Gasteiger partial charge in [0.05, 0.1) is 13.7 Å². The molecule has 0 atom stereocenters. The molecule has 0 spiro atoms. The molecule has 6 heteroatoms. The molecular weight excluding hydrogens is 302 g/mol. The number of methoxy groups -OCH3 is 1. The van der Waals surface area contributed by atoms with Crippen LogP contribution in [-0.4, -0.2) is 50.6 Å². The molecule has 1 aromatic carbocycles. The van der Waals surface area contributed by atoms with Crippen LogP contribution >= 0.6 is 12.4 Å². The summed E-state index contributed by atoms with van der Waals surface area (Å²) in [4.78, 5) is 14.2. The number of carbonyl (C=O) groups excluding carboxylic acids is 1. The Balaban J connectivity index is 0.00000242. The molecule has 1 saturated heterocycles. The Bertz CT molecular complexity index is 464. The van der Waals surface area contributed by atoms with Crippen LogP contribution in [0.15, 0.2) is 24.3 Å². The molecule has 22 heavy (non-hydrogen) atoms. The van der Waals surface area contributed by atoms with E-state index in [2.05, 4.69) is 15.5 Å². The lowest BCUT2D eigenvalue weighted by atomic mass is 10.1. The summed E-state index contributed by atoms with van der Waals surface area (Å²) in [5.74, 6) is 0.882. The Morgan fingerprint density at radius 2 is 2.14 bits per heavy atom. The number of nitrogens with one attached hydrogen (secondary N) is 2. The molecule has 2 rings (SSSR count). The highest BCUT2D eigenvalue weighted by atomic mass is 35.5. The predicted molar refractivity (Wildman–Crippen MR) is 90.6 cm³/mol. The summed E-state index contributed by atoms with van der Waals surface area (Å²) in [7, 11) is 3.67. The number of ether oxygens (including phenoxy) is 1. The molecule has 0 unspecified atom stereocenters. The molecule has 1 aliphatic heterocycles.